The highest BCUT2D eigenvalue weighted by Crippen LogP contribution is 2.30. The first-order chi connectivity index (χ1) is 11.3. The van der Waals surface area contributed by atoms with E-state index in [1.54, 1.807) is 6.07 Å². The van der Waals surface area contributed by atoms with Gasteiger partial charge in [0.15, 0.2) is 0 Å². The lowest BCUT2D eigenvalue weighted by Crippen LogP contribution is -2.46. The molecule has 2 fully saturated rings. The molecule has 24 heavy (non-hydrogen) atoms. The van der Waals surface area contributed by atoms with Crippen molar-refractivity contribution in [3.63, 3.8) is 0 Å². The number of halogens is 3. The van der Waals surface area contributed by atoms with Gasteiger partial charge in [0.25, 0.3) is 0 Å². The van der Waals surface area contributed by atoms with E-state index in [-0.39, 0.29) is 0 Å². The van der Waals surface area contributed by atoms with E-state index in [1.807, 2.05) is 0 Å². The van der Waals surface area contributed by atoms with E-state index >= 15 is 0 Å². The van der Waals surface area contributed by atoms with Crippen molar-refractivity contribution in [2.24, 2.45) is 0 Å². The Kier molecular flexibility index (Phi) is 5.18. The van der Waals surface area contributed by atoms with Crippen molar-refractivity contribution in [2.75, 3.05) is 32.7 Å². The lowest BCUT2D eigenvalue weighted by Gasteiger charge is -2.33. The zero-order valence-corrected chi connectivity index (χ0v) is 13.9. The largest absolute Gasteiger partial charge is 0.416 e. The molecule has 0 bridgehead atoms. The predicted octanol–water partition coefficient (Wildman–Crippen LogP) is 3.13. The maximum Gasteiger partial charge on any atom is 0.416 e. The Morgan fingerprint density at radius 1 is 1.04 bits per heavy atom. The number of alkyl halides is 3. The number of nitrogens with zero attached hydrogens (tertiary/aromatic N) is 2. The van der Waals surface area contributed by atoms with Crippen LogP contribution in [0.3, 0.4) is 0 Å². The van der Waals surface area contributed by atoms with Gasteiger partial charge < -0.3 is 10.0 Å². The molecule has 0 amide bonds. The molecule has 0 radical (unpaired) electrons. The topological polar surface area (TPSA) is 26.7 Å². The average Bonchev–Trinajstić information content (AvgIpc) is 2.88. The maximum atomic E-state index is 12.8. The molecule has 3 nitrogen and oxygen atoms in total. The van der Waals surface area contributed by atoms with Crippen molar-refractivity contribution in [1.82, 2.24) is 9.80 Å². The monoisotopic (exact) mass is 342 g/mol. The van der Waals surface area contributed by atoms with Crippen LogP contribution in [0.25, 0.3) is 0 Å². The number of hydrogen-bond donors (Lipinski definition) is 1. The van der Waals surface area contributed by atoms with Gasteiger partial charge in [-0.2, -0.15) is 13.2 Å². The van der Waals surface area contributed by atoms with E-state index in [0.717, 1.165) is 25.7 Å². The molecule has 0 unspecified atom stereocenters. The average molecular weight is 342 g/mol. The molecule has 6 heteroatoms. The number of β-amino-alcohol motifs (C(OH)–C–C–N with tert-alkyl or cyclic N) is 1. The fourth-order valence-corrected chi connectivity index (χ4v) is 3.84. The Hall–Kier alpha value is -1.11. The van der Waals surface area contributed by atoms with Gasteiger partial charge in [-0.25, -0.2) is 0 Å². The van der Waals surface area contributed by atoms with Crippen LogP contribution in [0.5, 0.6) is 0 Å². The molecule has 1 atom stereocenters. The van der Waals surface area contributed by atoms with Crippen molar-refractivity contribution in [3.05, 3.63) is 35.4 Å². The van der Waals surface area contributed by atoms with E-state index in [0.29, 0.717) is 31.6 Å². The van der Waals surface area contributed by atoms with Crippen molar-refractivity contribution >= 4 is 0 Å². The Morgan fingerprint density at radius 2 is 1.79 bits per heavy atom. The second-order valence-electron chi connectivity index (χ2n) is 7.22. The second kappa shape index (κ2) is 7.02. The van der Waals surface area contributed by atoms with Gasteiger partial charge in [0.05, 0.1) is 11.2 Å². The molecular formula is C18H25F3N2O. The molecule has 1 aromatic rings. The number of hydrogen-bond acceptors (Lipinski definition) is 3. The predicted molar refractivity (Wildman–Crippen MR) is 86.6 cm³/mol. The number of benzene rings is 1. The standard InChI is InChI=1S/C18H25F3N2O/c19-18(20,21)16-6-4-5-15(11-16)12-23-10-7-17(24,14-23)13-22-8-2-1-3-9-22/h4-6,11,24H,1-3,7-10,12-14H2/t17-/m1/s1. The molecule has 0 aliphatic carbocycles. The van der Waals surface area contributed by atoms with Gasteiger partial charge in [-0.3, -0.25) is 4.90 Å². The first kappa shape index (κ1) is 17.7. The summed E-state index contributed by atoms with van der Waals surface area (Å²) >= 11 is 0. The number of piperidine rings is 1. The van der Waals surface area contributed by atoms with E-state index in [2.05, 4.69) is 9.80 Å². The number of aliphatic hydroxyl groups is 1. The Morgan fingerprint density at radius 3 is 2.50 bits per heavy atom. The molecule has 3 rings (SSSR count). The minimum Gasteiger partial charge on any atom is -0.387 e. The second-order valence-corrected chi connectivity index (χ2v) is 7.22. The van der Waals surface area contributed by atoms with Crippen LogP contribution >= 0.6 is 0 Å². The molecule has 2 saturated heterocycles. The highest BCUT2D eigenvalue weighted by molar-refractivity contribution is 5.25. The summed E-state index contributed by atoms with van der Waals surface area (Å²) in [6.07, 6.45) is 0.00311. The first-order valence-electron chi connectivity index (χ1n) is 8.67. The van der Waals surface area contributed by atoms with Gasteiger partial charge in [-0.1, -0.05) is 24.6 Å². The minimum absolute atomic E-state index is 0.451. The molecule has 134 valence electrons. The highest BCUT2D eigenvalue weighted by atomic mass is 19.4. The lowest BCUT2D eigenvalue weighted by molar-refractivity contribution is -0.137. The Balaban J connectivity index is 1.57. The van der Waals surface area contributed by atoms with Gasteiger partial charge in [-0.05, 0) is 44.0 Å². The molecule has 2 heterocycles. The molecular weight excluding hydrogens is 317 g/mol. The zero-order chi connectivity index (χ0) is 17.2. The Bertz CT molecular complexity index is 557. The zero-order valence-electron chi connectivity index (χ0n) is 13.9. The molecule has 0 spiro atoms. The molecule has 0 aromatic heterocycles. The van der Waals surface area contributed by atoms with Crippen molar-refractivity contribution in [1.29, 1.82) is 0 Å². The lowest BCUT2D eigenvalue weighted by atomic mass is 10.0. The van der Waals surface area contributed by atoms with Crippen LogP contribution in [0.4, 0.5) is 13.2 Å². The normalized spacial score (nSPS) is 26.8. The van der Waals surface area contributed by atoms with E-state index in [1.165, 1.54) is 31.4 Å². The number of rotatable bonds is 4. The number of likely N-dealkylation sites (tertiary alicyclic amines) is 2. The van der Waals surface area contributed by atoms with Gasteiger partial charge in [0.2, 0.25) is 0 Å². The summed E-state index contributed by atoms with van der Waals surface area (Å²) in [5.41, 5.74) is -0.700. The van der Waals surface area contributed by atoms with Crippen molar-refractivity contribution in [3.8, 4) is 0 Å². The van der Waals surface area contributed by atoms with Crippen molar-refractivity contribution in [2.45, 2.75) is 44.0 Å². The van der Waals surface area contributed by atoms with Gasteiger partial charge in [0.1, 0.15) is 0 Å². The third-order valence-electron chi connectivity index (χ3n) is 5.04. The van der Waals surface area contributed by atoms with E-state index in [4.69, 9.17) is 0 Å². The fraction of sp³-hybridized carbons (Fsp3) is 0.667. The van der Waals surface area contributed by atoms with Crippen molar-refractivity contribution < 1.29 is 18.3 Å². The van der Waals surface area contributed by atoms with Gasteiger partial charge in [0, 0.05) is 26.2 Å². The summed E-state index contributed by atoms with van der Waals surface area (Å²) in [5.74, 6) is 0. The first-order valence-corrected chi connectivity index (χ1v) is 8.67. The van der Waals surface area contributed by atoms with Crippen LogP contribution in [-0.4, -0.2) is 53.2 Å². The summed E-state index contributed by atoms with van der Waals surface area (Å²) in [5, 5.41) is 10.8. The highest BCUT2D eigenvalue weighted by Gasteiger charge is 2.38. The smallest absolute Gasteiger partial charge is 0.387 e. The Labute approximate surface area is 141 Å². The molecule has 1 N–H and O–H groups in total. The summed E-state index contributed by atoms with van der Waals surface area (Å²) in [6, 6.07) is 5.48. The van der Waals surface area contributed by atoms with Crippen LogP contribution in [0.2, 0.25) is 0 Å². The summed E-state index contributed by atoms with van der Waals surface area (Å²) in [6.45, 7) is 4.45. The fourth-order valence-electron chi connectivity index (χ4n) is 3.84. The van der Waals surface area contributed by atoms with Gasteiger partial charge in [-0.15, -0.1) is 0 Å². The van der Waals surface area contributed by atoms with Crippen LogP contribution in [0, 0.1) is 0 Å². The summed E-state index contributed by atoms with van der Waals surface area (Å²) in [7, 11) is 0. The van der Waals surface area contributed by atoms with Gasteiger partial charge >= 0.3 is 6.18 Å². The third kappa shape index (κ3) is 4.49. The van der Waals surface area contributed by atoms with Crippen LogP contribution in [-0.2, 0) is 12.7 Å². The van der Waals surface area contributed by atoms with E-state index in [9.17, 15) is 18.3 Å². The summed E-state index contributed by atoms with van der Waals surface area (Å²) in [4.78, 5) is 4.37. The van der Waals surface area contributed by atoms with E-state index < -0.39 is 17.3 Å². The molecule has 2 aliphatic heterocycles. The molecule has 2 aliphatic rings. The molecule has 1 aromatic carbocycles. The summed E-state index contributed by atoms with van der Waals surface area (Å²) < 4.78 is 38.4. The maximum absolute atomic E-state index is 12.8. The minimum atomic E-state index is -4.31. The SMILES string of the molecule is O[C@@]1(CN2CCCCC2)CCN(Cc2cccc(C(F)(F)F)c2)C1. The van der Waals surface area contributed by atoms with Crippen LogP contribution in [0.15, 0.2) is 24.3 Å². The quantitative estimate of drug-likeness (QED) is 0.911. The van der Waals surface area contributed by atoms with Crippen LogP contribution < -0.4 is 0 Å². The molecule has 0 saturated carbocycles. The third-order valence-corrected chi connectivity index (χ3v) is 5.04. The van der Waals surface area contributed by atoms with Crippen LogP contribution in [0.1, 0.15) is 36.8 Å².